The van der Waals surface area contributed by atoms with Gasteiger partial charge in [-0.1, -0.05) is 20.3 Å². The first kappa shape index (κ1) is 15.6. The SMILES string of the molecule is CCCCc1c(C)n(CCC)c2c(C(=O)O)cc(C)cc12. The van der Waals surface area contributed by atoms with Crippen LogP contribution in [-0.2, 0) is 13.0 Å². The van der Waals surface area contributed by atoms with Crippen LogP contribution in [0.5, 0.6) is 0 Å². The van der Waals surface area contributed by atoms with E-state index in [1.165, 1.54) is 11.3 Å². The molecule has 0 saturated heterocycles. The number of fused-ring (bicyclic) bond motifs is 1. The Morgan fingerprint density at radius 2 is 1.90 bits per heavy atom. The van der Waals surface area contributed by atoms with Gasteiger partial charge in [-0.2, -0.15) is 0 Å². The van der Waals surface area contributed by atoms with Gasteiger partial charge in [-0.3, -0.25) is 0 Å². The summed E-state index contributed by atoms with van der Waals surface area (Å²) in [7, 11) is 0. The number of carboxylic acid groups (broad SMARTS) is 1. The fourth-order valence-electron chi connectivity index (χ4n) is 3.16. The van der Waals surface area contributed by atoms with E-state index in [9.17, 15) is 9.90 Å². The van der Waals surface area contributed by atoms with Crippen molar-refractivity contribution in [1.82, 2.24) is 4.57 Å². The lowest BCUT2D eigenvalue weighted by Crippen LogP contribution is -2.05. The van der Waals surface area contributed by atoms with E-state index in [-0.39, 0.29) is 0 Å². The van der Waals surface area contributed by atoms with Gasteiger partial charge in [-0.05, 0) is 56.4 Å². The van der Waals surface area contributed by atoms with Gasteiger partial charge in [0, 0.05) is 17.6 Å². The molecule has 0 unspecified atom stereocenters. The largest absolute Gasteiger partial charge is 0.478 e. The second kappa shape index (κ2) is 6.33. The van der Waals surface area contributed by atoms with Crippen LogP contribution in [0.2, 0.25) is 0 Å². The molecule has 3 heteroatoms. The third kappa shape index (κ3) is 2.82. The van der Waals surface area contributed by atoms with Gasteiger partial charge >= 0.3 is 5.97 Å². The molecule has 3 nitrogen and oxygen atoms in total. The molecule has 0 aliphatic rings. The van der Waals surface area contributed by atoms with Gasteiger partial charge < -0.3 is 9.67 Å². The quantitative estimate of drug-likeness (QED) is 0.836. The Balaban J connectivity index is 2.79. The number of rotatable bonds is 6. The molecular weight excluding hydrogens is 262 g/mol. The Hall–Kier alpha value is -1.77. The molecule has 2 aromatic rings. The smallest absolute Gasteiger partial charge is 0.337 e. The van der Waals surface area contributed by atoms with Gasteiger partial charge in [0.15, 0.2) is 0 Å². The molecule has 0 bridgehead atoms. The number of hydrogen-bond donors (Lipinski definition) is 1. The summed E-state index contributed by atoms with van der Waals surface area (Å²) in [6.45, 7) is 9.29. The van der Waals surface area contributed by atoms with Gasteiger partial charge in [0.05, 0.1) is 11.1 Å². The molecule has 0 saturated carbocycles. The van der Waals surface area contributed by atoms with E-state index in [1.54, 1.807) is 6.07 Å². The molecule has 21 heavy (non-hydrogen) atoms. The predicted octanol–water partition coefficient (Wildman–Crippen LogP) is 4.71. The van der Waals surface area contributed by atoms with Crippen molar-refractivity contribution in [3.63, 3.8) is 0 Å². The minimum Gasteiger partial charge on any atom is -0.478 e. The van der Waals surface area contributed by atoms with Crippen LogP contribution in [0.15, 0.2) is 12.1 Å². The lowest BCUT2D eigenvalue weighted by molar-refractivity contribution is 0.0698. The van der Waals surface area contributed by atoms with Crippen molar-refractivity contribution in [3.05, 3.63) is 34.5 Å². The van der Waals surface area contributed by atoms with E-state index in [4.69, 9.17) is 0 Å². The summed E-state index contributed by atoms with van der Waals surface area (Å²) < 4.78 is 2.20. The molecule has 0 amide bonds. The standard InChI is InChI=1S/C18H25NO2/c1-5-7-8-14-13(4)19(9-6-2)17-15(14)10-12(3)11-16(17)18(20)21/h10-11H,5-9H2,1-4H3,(H,20,21). The lowest BCUT2D eigenvalue weighted by atomic mass is 10.0. The summed E-state index contributed by atoms with van der Waals surface area (Å²) >= 11 is 0. The number of benzene rings is 1. The highest BCUT2D eigenvalue weighted by Gasteiger charge is 2.19. The first-order valence-electron chi connectivity index (χ1n) is 7.86. The Labute approximate surface area is 126 Å². The zero-order chi connectivity index (χ0) is 15.6. The molecule has 114 valence electrons. The van der Waals surface area contributed by atoms with Crippen LogP contribution >= 0.6 is 0 Å². The molecule has 0 atom stereocenters. The van der Waals surface area contributed by atoms with E-state index in [0.717, 1.165) is 48.7 Å². The molecule has 0 spiro atoms. The van der Waals surface area contributed by atoms with E-state index in [1.807, 2.05) is 6.92 Å². The molecule has 1 heterocycles. The van der Waals surface area contributed by atoms with E-state index >= 15 is 0 Å². The maximum absolute atomic E-state index is 11.6. The van der Waals surface area contributed by atoms with Crippen LogP contribution in [0.4, 0.5) is 0 Å². The molecule has 0 radical (unpaired) electrons. The van der Waals surface area contributed by atoms with E-state index in [2.05, 4.69) is 31.4 Å². The van der Waals surface area contributed by atoms with Crippen molar-refractivity contribution in [2.75, 3.05) is 0 Å². The first-order valence-corrected chi connectivity index (χ1v) is 7.86. The van der Waals surface area contributed by atoms with Crippen LogP contribution in [0.1, 0.15) is 60.3 Å². The molecule has 1 N–H and O–H groups in total. The number of aromatic carboxylic acids is 1. The van der Waals surface area contributed by atoms with E-state index in [0.29, 0.717) is 5.56 Å². The average Bonchev–Trinajstić information content (AvgIpc) is 2.69. The van der Waals surface area contributed by atoms with Gasteiger partial charge in [0.1, 0.15) is 0 Å². The maximum Gasteiger partial charge on any atom is 0.337 e. The Morgan fingerprint density at radius 1 is 1.19 bits per heavy atom. The third-order valence-corrected chi connectivity index (χ3v) is 4.15. The van der Waals surface area contributed by atoms with Crippen LogP contribution in [0, 0.1) is 13.8 Å². The second-order valence-electron chi connectivity index (χ2n) is 5.83. The topological polar surface area (TPSA) is 42.2 Å². The summed E-state index contributed by atoms with van der Waals surface area (Å²) in [4.78, 5) is 11.6. The Bertz CT molecular complexity index is 668. The van der Waals surface area contributed by atoms with Gasteiger partial charge in [-0.25, -0.2) is 4.79 Å². The summed E-state index contributed by atoms with van der Waals surface area (Å²) in [5, 5.41) is 10.7. The normalized spacial score (nSPS) is 11.2. The highest BCUT2D eigenvalue weighted by molar-refractivity contribution is 6.04. The van der Waals surface area contributed by atoms with Gasteiger partial charge in [0.2, 0.25) is 0 Å². The average molecular weight is 287 g/mol. The van der Waals surface area contributed by atoms with Crippen LogP contribution in [0.25, 0.3) is 10.9 Å². The number of carboxylic acids is 1. The number of hydrogen-bond acceptors (Lipinski definition) is 1. The number of aryl methyl sites for hydroxylation is 3. The fraction of sp³-hybridized carbons (Fsp3) is 0.500. The fourth-order valence-corrected chi connectivity index (χ4v) is 3.16. The molecule has 0 fully saturated rings. The van der Waals surface area contributed by atoms with Crippen LogP contribution in [0.3, 0.4) is 0 Å². The zero-order valence-electron chi connectivity index (χ0n) is 13.5. The molecule has 1 aromatic carbocycles. The highest BCUT2D eigenvalue weighted by atomic mass is 16.4. The maximum atomic E-state index is 11.6. The monoisotopic (exact) mass is 287 g/mol. The molecule has 1 aromatic heterocycles. The molecular formula is C18H25NO2. The van der Waals surface area contributed by atoms with Crippen molar-refractivity contribution in [2.45, 2.75) is 59.9 Å². The van der Waals surface area contributed by atoms with Crippen molar-refractivity contribution in [1.29, 1.82) is 0 Å². The molecule has 0 aliphatic carbocycles. The number of unbranched alkanes of at least 4 members (excludes halogenated alkanes) is 1. The van der Waals surface area contributed by atoms with Crippen molar-refractivity contribution in [2.24, 2.45) is 0 Å². The predicted molar refractivity (Wildman–Crippen MR) is 87.3 cm³/mol. The number of nitrogens with zero attached hydrogens (tertiary/aromatic N) is 1. The van der Waals surface area contributed by atoms with Crippen LogP contribution in [-0.4, -0.2) is 15.6 Å². The van der Waals surface area contributed by atoms with E-state index < -0.39 is 5.97 Å². The summed E-state index contributed by atoms with van der Waals surface area (Å²) in [6.07, 6.45) is 4.32. The number of carbonyl (C=O) groups is 1. The van der Waals surface area contributed by atoms with Crippen LogP contribution < -0.4 is 0 Å². The summed E-state index contributed by atoms with van der Waals surface area (Å²) in [5.41, 5.74) is 4.91. The Morgan fingerprint density at radius 3 is 2.48 bits per heavy atom. The minimum atomic E-state index is -0.833. The first-order chi connectivity index (χ1) is 10.0. The van der Waals surface area contributed by atoms with Crippen molar-refractivity contribution < 1.29 is 9.90 Å². The van der Waals surface area contributed by atoms with Crippen molar-refractivity contribution in [3.8, 4) is 0 Å². The molecule has 2 rings (SSSR count). The summed E-state index contributed by atoms with van der Waals surface area (Å²) in [6, 6.07) is 3.94. The third-order valence-electron chi connectivity index (χ3n) is 4.15. The highest BCUT2D eigenvalue weighted by Crippen LogP contribution is 2.31. The molecule has 0 aliphatic heterocycles. The van der Waals surface area contributed by atoms with Gasteiger partial charge in [-0.15, -0.1) is 0 Å². The lowest BCUT2D eigenvalue weighted by Gasteiger charge is -2.09. The zero-order valence-corrected chi connectivity index (χ0v) is 13.5. The van der Waals surface area contributed by atoms with Crippen molar-refractivity contribution >= 4 is 16.9 Å². The Kier molecular flexibility index (Phi) is 4.71. The summed E-state index contributed by atoms with van der Waals surface area (Å²) in [5.74, 6) is -0.833. The minimum absolute atomic E-state index is 0.435. The second-order valence-corrected chi connectivity index (χ2v) is 5.83. The number of aromatic nitrogens is 1. The van der Waals surface area contributed by atoms with Gasteiger partial charge in [0.25, 0.3) is 0 Å².